The molecule has 0 aliphatic carbocycles. The van der Waals surface area contributed by atoms with Crippen molar-refractivity contribution in [3.8, 4) is 0 Å². The maximum absolute atomic E-state index is 12.1. The molecule has 0 spiro atoms. The fourth-order valence-electron chi connectivity index (χ4n) is 1.71. The summed E-state index contributed by atoms with van der Waals surface area (Å²) in [6, 6.07) is 7.20. The predicted molar refractivity (Wildman–Crippen MR) is 74.3 cm³/mol. The first kappa shape index (κ1) is 13.1. The highest BCUT2D eigenvalue weighted by atomic mass is 16.2. The molecule has 2 heterocycles. The van der Waals surface area contributed by atoms with E-state index < -0.39 is 0 Å². The number of amides is 1. The topological polar surface area (TPSA) is 71.8 Å². The van der Waals surface area contributed by atoms with Gasteiger partial charge in [0.25, 0.3) is 5.91 Å². The third-order valence-electron chi connectivity index (χ3n) is 2.64. The van der Waals surface area contributed by atoms with Crippen LogP contribution in [0.1, 0.15) is 30.4 Å². The van der Waals surface area contributed by atoms with E-state index in [9.17, 15) is 4.79 Å². The molecular weight excluding hydrogens is 242 g/mol. The van der Waals surface area contributed by atoms with E-state index in [-0.39, 0.29) is 11.9 Å². The summed E-state index contributed by atoms with van der Waals surface area (Å²) in [4.78, 5) is 16.3. The molecular formula is C13H17N5O. The molecule has 2 aromatic rings. The highest BCUT2D eigenvalue weighted by molar-refractivity contribution is 6.02. The number of hydrogen-bond acceptors (Lipinski definition) is 4. The lowest BCUT2D eigenvalue weighted by Gasteiger charge is -2.11. The summed E-state index contributed by atoms with van der Waals surface area (Å²) in [6.07, 6.45) is 1.66. The zero-order valence-electron chi connectivity index (χ0n) is 11.2. The normalized spacial score (nSPS) is 10.5. The first-order chi connectivity index (χ1) is 9.11. The van der Waals surface area contributed by atoms with E-state index in [1.807, 2.05) is 13.8 Å². The molecule has 0 aliphatic rings. The van der Waals surface area contributed by atoms with Crippen LogP contribution in [0, 0.1) is 0 Å². The van der Waals surface area contributed by atoms with Crippen LogP contribution in [0.3, 0.4) is 0 Å². The van der Waals surface area contributed by atoms with E-state index in [0.29, 0.717) is 17.3 Å². The summed E-state index contributed by atoms with van der Waals surface area (Å²) in [5.41, 5.74) is 0.364. The van der Waals surface area contributed by atoms with Gasteiger partial charge < -0.3 is 10.6 Å². The SMILES string of the molecule is CNc1cccc(C(=O)Nc2ccnn2C(C)C)n1. The third kappa shape index (κ3) is 2.90. The van der Waals surface area contributed by atoms with Gasteiger partial charge in [0.05, 0.1) is 6.20 Å². The molecule has 0 bridgehead atoms. The van der Waals surface area contributed by atoms with Gasteiger partial charge in [-0.2, -0.15) is 5.10 Å². The standard InChI is InChI=1S/C13H17N5O/c1-9(2)18-12(7-8-15-18)17-13(19)10-5-4-6-11(14-3)16-10/h4-9H,1-3H3,(H,14,16)(H,17,19). The molecule has 0 radical (unpaired) electrons. The van der Waals surface area contributed by atoms with Gasteiger partial charge in [-0.25, -0.2) is 9.67 Å². The van der Waals surface area contributed by atoms with E-state index in [1.54, 1.807) is 42.2 Å². The van der Waals surface area contributed by atoms with Crippen molar-refractivity contribution in [2.24, 2.45) is 0 Å². The van der Waals surface area contributed by atoms with Crippen LogP contribution in [0.15, 0.2) is 30.5 Å². The van der Waals surface area contributed by atoms with E-state index in [0.717, 1.165) is 0 Å². The van der Waals surface area contributed by atoms with Gasteiger partial charge in [-0.05, 0) is 26.0 Å². The lowest BCUT2D eigenvalue weighted by molar-refractivity contribution is 0.102. The average Bonchev–Trinajstić information content (AvgIpc) is 2.87. The largest absolute Gasteiger partial charge is 0.373 e. The molecule has 0 atom stereocenters. The maximum atomic E-state index is 12.1. The molecule has 2 aromatic heterocycles. The van der Waals surface area contributed by atoms with Crippen molar-refractivity contribution >= 4 is 17.5 Å². The Morgan fingerprint density at radius 1 is 1.32 bits per heavy atom. The van der Waals surface area contributed by atoms with Crippen LogP contribution < -0.4 is 10.6 Å². The van der Waals surface area contributed by atoms with Crippen LogP contribution in [-0.4, -0.2) is 27.7 Å². The number of aromatic nitrogens is 3. The van der Waals surface area contributed by atoms with Gasteiger partial charge in [0.1, 0.15) is 17.3 Å². The number of pyridine rings is 1. The number of nitrogens with one attached hydrogen (secondary N) is 2. The number of hydrogen-bond donors (Lipinski definition) is 2. The molecule has 6 nitrogen and oxygen atoms in total. The monoisotopic (exact) mass is 259 g/mol. The van der Waals surface area contributed by atoms with Gasteiger partial charge in [-0.3, -0.25) is 4.79 Å². The van der Waals surface area contributed by atoms with Crippen LogP contribution in [0.25, 0.3) is 0 Å². The number of carbonyl (C=O) groups is 1. The Kier molecular flexibility index (Phi) is 3.79. The van der Waals surface area contributed by atoms with Gasteiger partial charge in [-0.15, -0.1) is 0 Å². The Morgan fingerprint density at radius 2 is 2.11 bits per heavy atom. The minimum absolute atomic E-state index is 0.182. The van der Waals surface area contributed by atoms with Crippen LogP contribution in [0.4, 0.5) is 11.6 Å². The fraction of sp³-hybridized carbons (Fsp3) is 0.308. The summed E-state index contributed by atoms with van der Waals surface area (Å²) in [5.74, 6) is 1.07. The second kappa shape index (κ2) is 5.51. The highest BCUT2D eigenvalue weighted by Crippen LogP contribution is 2.14. The molecule has 0 saturated carbocycles. The number of anilines is 2. The number of rotatable bonds is 4. The molecule has 100 valence electrons. The van der Waals surface area contributed by atoms with Crippen LogP contribution in [-0.2, 0) is 0 Å². The van der Waals surface area contributed by atoms with E-state index >= 15 is 0 Å². The van der Waals surface area contributed by atoms with Gasteiger partial charge in [0.15, 0.2) is 0 Å². The van der Waals surface area contributed by atoms with Gasteiger partial charge in [0, 0.05) is 19.2 Å². The summed E-state index contributed by atoms with van der Waals surface area (Å²) >= 11 is 0. The highest BCUT2D eigenvalue weighted by Gasteiger charge is 2.12. The Morgan fingerprint density at radius 3 is 2.79 bits per heavy atom. The molecule has 0 aromatic carbocycles. The van der Waals surface area contributed by atoms with Crippen molar-refractivity contribution < 1.29 is 4.79 Å². The summed E-state index contributed by atoms with van der Waals surface area (Å²) < 4.78 is 1.75. The molecule has 0 fully saturated rings. The van der Waals surface area contributed by atoms with Crippen molar-refractivity contribution in [3.05, 3.63) is 36.2 Å². The molecule has 1 amide bonds. The lowest BCUT2D eigenvalue weighted by atomic mass is 10.3. The Balaban J connectivity index is 2.18. The fourth-order valence-corrected chi connectivity index (χ4v) is 1.71. The first-order valence-electron chi connectivity index (χ1n) is 6.11. The van der Waals surface area contributed by atoms with Crippen molar-refractivity contribution in [3.63, 3.8) is 0 Å². The maximum Gasteiger partial charge on any atom is 0.275 e. The Hall–Kier alpha value is -2.37. The number of nitrogens with zero attached hydrogens (tertiary/aromatic N) is 3. The minimum atomic E-state index is -0.250. The summed E-state index contributed by atoms with van der Waals surface area (Å²) in [5, 5.41) is 9.88. The molecule has 6 heteroatoms. The van der Waals surface area contributed by atoms with Crippen molar-refractivity contribution in [2.75, 3.05) is 17.7 Å². The minimum Gasteiger partial charge on any atom is -0.373 e. The predicted octanol–water partition coefficient (Wildman–Crippen LogP) is 2.15. The third-order valence-corrected chi connectivity index (χ3v) is 2.64. The van der Waals surface area contributed by atoms with Crippen LogP contribution in [0.2, 0.25) is 0 Å². The van der Waals surface area contributed by atoms with Crippen molar-refractivity contribution in [2.45, 2.75) is 19.9 Å². The number of carbonyl (C=O) groups excluding carboxylic acids is 1. The Labute approximate surface area is 111 Å². The van der Waals surface area contributed by atoms with Gasteiger partial charge in [-0.1, -0.05) is 6.07 Å². The molecule has 0 saturated heterocycles. The molecule has 19 heavy (non-hydrogen) atoms. The second-order valence-corrected chi connectivity index (χ2v) is 4.37. The van der Waals surface area contributed by atoms with Crippen molar-refractivity contribution in [1.82, 2.24) is 14.8 Å². The van der Waals surface area contributed by atoms with Crippen LogP contribution in [0.5, 0.6) is 0 Å². The molecule has 0 unspecified atom stereocenters. The van der Waals surface area contributed by atoms with E-state index in [2.05, 4.69) is 20.7 Å². The van der Waals surface area contributed by atoms with E-state index in [4.69, 9.17) is 0 Å². The van der Waals surface area contributed by atoms with Crippen LogP contribution >= 0.6 is 0 Å². The first-order valence-corrected chi connectivity index (χ1v) is 6.11. The Bertz CT molecular complexity index is 576. The average molecular weight is 259 g/mol. The second-order valence-electron chi connectivity index (χ2n) is 4.37. The smallest absolute Gasteiger partial charge is 0.275 e. The van der Waals surface area contributed by atoms with Gasteiger partial charge >= 0.3 is 0 Å². The zero-order valence-corrected chi connectivity index (χ0v) is 11.2. The molecule has 0 aliphatic heterocycles. The van der Waals surface area contributed by atoms with E-state index in [1.165, 1.54) is 0 Å². The van der Waals surface area contributed by atoms with Crippen molar-refractivity contribution in [1.29, 1.82) is 0 Å². The summed E-state index contributed by atoms with van der Waals surface area (Å²) in [7, 11) is 1.76. The van der Waals surface area contributed by atoms with Gasteiger partial charge in [0.2, 0.25) is 0 Å². The zero-order chi connectivity index (χ0) is 13.8. The quantitative estimate of drug-likeness (QED) is 0.882. The lowest BCUT2D eigenvalue weighted by Crippen LogP contribution is -2.18. The molecule has 2 N–H and O–H groups in total. The molecule has 2 rings (SSSR count). The summed E-state index contributed by atoms with van der Waals surface area (Å²) in [6.45, 7) is 4.01.